The second-order valence-electron chi connectivity index (χ2n) is 20.3. The van der Waals surface area contributed by atoms with Crippen LogP contribution in [-0.2, 0) is 14.3 Å². The number of hydrogen-bond donors (Lipinski definition) is 3. The summed E-state index contributed by atoms with van der Waals surface area (Å²) in [4.78, 5) is 24.6. The minimum absolute atomic E-state index is 0.0250. The van der Waals surface area contributed by atoms with Gasteiger partial charge in [0, 0.05) is 12.8 Å². The van der Waals surface area contributed by atoms with Crippen LogP contribution in [0.1, 0.15) is 322 Å². The van der Waals surface area contributed by atoms with Crippen LogP contribution in [0.2, 0.25) is 0 Å². The molecule has 0 aliphatic heterocycles. The maximum absolute atomic E-state index is 12.5. The van der Waals surface area contributed by atoms with Crippen molar-refractivity contribution in [3.63, 3.8) is 0 Å². The molecule has 0 saturated heterocycles. The summed E-state index contributed by atoms with van der Waals surface area (Å²) in [7, 11) is 0. The van der Waals surface area contributed by atoms with Crippen molar-refractivity contribution in [1.82, 2.24) is 5.32 Å². The number of carbonyl (C=O) groups is 2. The van der Waals surface area contributed by atoms with Gasteiger partial charge in [0.1, 0.15) is 0 Å². The molecule has 0 radical (unpaired) electrons. The molecule has 0 aliphatic rings. The lowest BCUT2D eigenvalue weighted by atomic mass is 10.0. The van der Waals surface area contributed by atoms with Crippen LogP contribution in [0.3, 0.4) is 0 Å². The number of rotatable bonds is 55. The summed E-state index contributed by atoms with van der Waals surface area (Å²) in [5, 5.41) is 23.3. The van der Waals surface area contributed by atoms with Crippen molar-refractivity contribution in [2.75, 3.05) is 13.2 Å². The van der Waals surface area contributed by atoms with Gasteiger partial charge in [0.05, 0.1) is 25.4 Å². The van der Waals surface area contributed by atoms with E-state index in [1.807, 2.05) is 0 Å². The summed E-state index contributed by atoms with van der Waals surface area (Å²) in [6, 6.07) is -0.561. The predicted octanol–water partition coefficient (Wildman–Crippen LogP) is 18.2. The van der Waals surface area contributed by atoms with Gasteiger partial charge < -0.3 is 20.3 Å². The van der Waals surface area contributed by atoms with Crippen LogP contribution in [-0.4, -0.2) is 47.4 Å². The zero-order chi connectivity index (χ0) is 47.9. The van der Waals surface area contributed by atoms with E-state index in [0.29, 0.717) is 25.9 Å². The molecule has 2 unspecified atom stereocenters. The van der Waals surface area contributed by atoms with E-state index < -0.39 is 12.1 Å². The molecule has 0 heterocycles. The lowest BCUT2D eigenvalue weighted by Crippen LogP contribution is -2.45. The first-order chi connectivity index (χ1) is 32.5. The third kappa shape index (κ3) is 51.7. The lowest BCUT2D eigenvalue weighted by Gasteiger charge is -2.22. The topological polar surface area (TPSA) is 95.9 Å². The maximum Gasteiger partial charge on any atom is 0.305 e. The van der Waals surface area contributed by atoms with Crippen LogP contribution in [0.15, 0.2) is 24.3 Å². The number of esters is 1. The van der Waals surface area contributed by atoms with Gasteiger partial charge in [0.15, 0.2) is 0 Å². The Kier molecular flexibility index (Phi) is 54.5. The van der Waals surface area contributed by atoms with E-state index in [-0.39, 0.29) is 18.5 Å². The zero-order valence-corrected chi connectivity index (χ0v) is 44.4. The van der Waals surface area contributed by atoms with Crippen LogP contribution >= 0.6 is 0 Å². The summed E-state index contributed by atoms with van der Waals surface area (Å²) in [6.07, 6.45) is 67.4. The Balaban J connectivity index is 3.49. The highest BCUT2D eigenvalue weighted by Crippen LogP contribution is 2.17. The zero-order valence-electron chi connectivity index (χ0n) is 44.4. The van der Waals surface area contributed by atoms with Crippen molar-refractivity contribution in [2.45, 2.75) is 334 Å². The van der Waals surface area contributed by atoms with Gasteiger partial charge in [0.2, 0.25) is 5.91 Å². The van der Waals surface area contributed by atoms with Crippen LogP contribution in [0.4, 0.5) is 0 Å². The van der Waals surface area contributed by atoms with E-state index >= 15 is 0 Å². The largest absolute Gasteiger partial charge is 0.466 e. The second-order valence-corrected chi connectivity index (χ2v) is 20.3. The fourth-order valence-corrected chi connectivity index (χ4v) is 9.16. The Hall–Kier alpha value is -1.66. The highest BCUT2D eigenvalue weighted by atomic mass is 16.5. The van der Waals surface area contributed by atoms with Gasteiger partial charge in [-0.2, -0.15) is 0 Å². The number of unbranched alkanes of at least 4 members (excludes halogenated alkanes) is 40. The lowest BCUT2D eigenvalue weighted by molar-refractivity contribution is -0.143. The normalized spacial score (nSPS) is 12.7. The summed E-state index contributed by atoms with van der Waals surface area (Å²) in [6.45, 7) is 4.91. The summed E-state index contributed by atoms with van der Waals surface area (Å²) < 4.78 is 5.46. The van der Waals surface area contributed by atoms with Crippen LogP contribution in [0, 0.1) is 0 Å². The van der Waals surface area contributed by atoms with E-state index in [2.05, 4.69) is 43.5 Å². The van der Waals surface area contributed by atoms with Crippen molar-refractivity contribution in [3.05, 3.63) is 24.3 Å². The van der Waals surface area contributed by atoms with Crippen molar-refractivity contribution >= 4 is 11.9 Å². The molecule has 1 amide bonds. The van der Waals surface area contributed by atoms with Gasteiger partial charge in [-0.3, -0.25) is 9.59 Å². The second kappa shape index (κ2) is 55.9. The molecule has 0 aliphatic carbocycles. The number of ether oxygens (including phenoxy) is 1. The Labute approximate surface area is 411 Å². The molecule has 0 bridgehead atoms. The van der Waals surface area contributed by atoms with Gasteiger partial charge in [-0.05, 0) is 83.5 Å². The third-order valence-corrected chi connectivity index (χ3v) is 13.7. The average molecular weight is 931 g/mol. The number of aliphatic hydroxyl groups is 2. The van der Waals surface area contributed by atoms with Gasteiger partial charge >= 0.3 is 5.97 Å². The number of amides is 1. The molecule has 390 valence electrons. The number of hydrogen-bond acceptors (Lipinski definition) is 5. The van der Waals surface area contributed by atoms with E-state index in [4.69, 9.17) is 4.74 Å². The SMILES string of the molecule is CCCCCCCCC/C=C\CCCCCCCCCC(=O)OCCCCC/C=C\CCCCCCCC(=O)NC(CO)C(O)CCCCCCCCCCCCCCCCCCCCC. The Bertz CT molecular complexity index is 1030. The monoisotopic (exact) mass is 930 g/mol. The van der Waals surface area contributed by atoms with Crippen LogP contribution in [0.5, 0.6) is 0 Å². The molecule has 0 spiro atoms. The molecular weight excluding hydrogens is 815 g/mol. The smallest absolute Gasteiger partial charge is 0.305 e. The van der Waals surface area contributed by atoms with Crippen molar-refractivity contribution < 1.29 is 24.5 Å². The standard InChI is InChI=1S/C60H115NO5/c1-3-5-7-9-11-13-15-17-19-21-23-24-26-28-32-36-40-44-48-52-58(63)57(56-62)61-59(64)53-49-45-41-37-33-30-31-35-39-43-47-51-55-66-60(65)54-50-46-42-38-34-29-27-25-22-20-18-16-14-12-10-8-6-4-2/h20,22,31,35,57-58,62-63H,3-19,21,23-30,32-34,36-56H2,1-2H3,(H,61,64)/b22-20-,35-31-. The van der Waals surface area contributed by atoms with Crippen molar-refractivity contribution in [1.29, 1.82) is 0 Å². The molecule has 0 saturated carbocycles. The molecule has 0 aromatic carbocycles. The number of nitrogens with one attached hydrogen (secondary N) is 1. The molecule has 0 rings (SSSR count). The van der Waals surface area contributed by atoms with Gasteiger partial charge in [-0.1, -0.05) is 250 Å². The summed E-state index contributed by atoms with van der Waals surface area (Å²) in [5.74, 6) is -0.0835. The van der Waals surface area contributed by atoms with Crippen molar-refractivity contribution in [2.24, 2.45) is 0 Å². The molecule has 0 fully saturated rings. The first-order valence-corrected chi connectivity index (χ1v) is 29.6. The summed E-state index contributed by atoms with van der Waals surface area (Å²) in [5.41, 5.74) is 0. The third-order valence-electron chi connectivity index (χ3n) is 13.7. The minimum atomic E-state index is -0.681. The van der Waals surface area contributed by atoms with E-state index in [1.54, 1.807) is 0 Å². The molecule has 6 nitrogen and oxygen atoms in total. The fourth-order valence-electron chi connectivity index (χ4n) is 9.16. The Morgan fingerprint density at radius 1 is 0.409 bits per heavy atom. The average Bonchev–Trinajstić information content (AvgIpc) is 3.32. The molecule has 2 atom stereocenters. The minimum Gasteiger partial charge on any atom is -0.466 e. The predicted molar refractivity (Wildman–Crippen MR) is 287 cm³/mol. The number of allylic oxidation sites excluding steroid dienone is 4. The van der Waals surface area contributed by atoms with E-state index in [1.165, 1.54) is 212 Å². The summed E-state index contributed by atoms with van der Waals surface area (Å²) >= 11 is 0. The Morgan fingerprint density at radius 2 is 0.712 bits per heavy atom. The molecule has 66 heavy (non-hydrogen) atoms. The molecule has 6 heteroatoms. The molecule has 3 N–H and O–H groups in total. The van der Waals surface area contributed by atoms with Gasteiger partial charge in [-0.15, -0.1) is 0 Å². The van der Waals surface area contributed by atoms with Gasteiger partial charge in [0.25, 0.3) is 0 Å². The molecular formula is C60H115NO5. The highest BCUT2D eigenvalue weighted by Gasteiger charge is 2.20. The highest BCUT2D eigenvalue weighted by molar-refractivity contribution is 5.76. The Morgan fingerprint density at radius 3 is 1.08 bits per heavy atom. The fraction of sp³-hybridized carbons (Fsp3) is 0.900. The van der Waals surface area contributed by atoms with E-state index in [0.717, 1.165) is 77.0 Å². The number of carbonyl (C=O) groups excluding carboxylic acids is 2. The first-order valence-electron chi connectivity index (χ1n) is 29.6. The number of aliphatic hydroxyl groups excluding tert-OH is 2. The quantitative estimate of drug-likeness (QED) is 0.0321. The molecule has 0 aromatic rings. The van der Waals surface area contributed by atoms with Crippen LogP contribution < -0.4 is 5.32 Å². The molecule has 0 aromatic heterocycles. The van der Waals surface area contributed by atoms with Gasteiger partial charge in [-0.25, -0.2) is 0 Å². The van der Waals surface area contributed by atoms with Crippen LogP contribution in [0.25, 0.3) is 0 Å². The van der Waals surface area contributed by atoms with E-state index in [9.17, 15) is 19.8 Å². The maximum atomic E-state index is 12.5. The first kappa shape index (κ1) is 64.3. The van der Waals surface area contributed by atoms with Crippen molar-refractivity contribution in [3.8, 4) is 0 Å².